The van der Waals surface area contributed by atoms with E-state index in [1.54, 1.807) is 41.5 Å². The van der Waals surface area contributed by atoms with Crippen LogP contribution in [0.15, 0.2) is 5.16 Å². The van der Waals surface area contributed by atoms with Gasteiger partial charge >= 0.3 is 18.0 Å². The fraction of sp³-hybridized carbons (Fsp3) is 0.930. The van der Waals surface area contributed by atoms with Gasteiger partial charge in [-0.05, 0) is 100 Å². The number of hydrogen-bond acceptors (Lipinski definition) is 18. The summed E-state index contributed by atoms with van der Waals surface area (Å²) in [6.45, 7) is 21.8. The third-order valence-electron chi connectivity index (χ3n) is 16.9. The maximum Gasteiger partial charge on any atom is 0.422 e. The summed E-state index contributed by atoms with van der Waals surface area (Å²) in [6, 6.07) is -0.388. The summed E-state index contributed by atoms with van der Waals surface area (Å²) in [5.41, 5.74) is 1.22. The van der Waals surface area contributed by atoms with Crippen molar-refractivity contribution in [2.24, 2.45) is 34.7 Å². The molecule has 76 heavy (non-hydrogen) atoms. The van der Waals surface area contributed by atoms with Gasteiger partial charge in [0.05, 0.1) is 53.8 Å². The summed E-state index contributed by atoms with van der Waals surface area (Å²) >= 11 is 0. The van der Waals surface area contributed by atoms with E-state index >= 15 is 0 Å². The Morgan fingerprint density at radius 1 is 0.842 bits per heavy atom. The Hall–Kier alpha value is -2.72. The monoisotopic (exact) mass is 1080 g/mol. The summed E-state index contributed by atoms with van der Waals surface area (Å²) in [5.74, 6) is -4.08. The largest absolute Gasteiger partial charge is 0.459 e. The van der Waals surface area contributed by atoms with Gasteiger partial charge in [0, 0.05) is 44.8 Å². The first-order valence-electron chi connectivity index (χ1n) is 29.0. The van der Waals surface area contributed by atoms with Crippen LogP contribution in [-0.4, -0.2) is 163 Å². The Labute approximate surface area is 456 Å². The number of hydrazine groups is 1. The first-order valence-corrected chi connectivity index (χ1v) is 29.0. The van der Waals surface area contributed by atoms with E-state index in [1.165, 1.54) is 65.9 Å². The Morgan fingerprint density at radius 2 is 1.51 bits per heavy atom. The molecule has 3 saturated heterocycles. The Bertz CT molecular complexity index is 1780. The van der Waals surface area contributed by atoms with Gasteiger partial charge in [-0.25, -0.2) is 10.2 Å². The van der Waals surface area contributed by atoms with Crippen LogP contribution in [0.4, 0.5) is 4.79 Å². The van der Waals surface area contributed by atoms with Gasteiger partial charge in [0.15, 0.2) is 24.8 Å². The van der Waals surface area contributed by atoms with Crippen LogP contribution < -0.4 is 10.9 Å². The van der Waals surface area contributed by atoms with Crippen molar-refractivity contribution < 1.29 is 72.4 Å². The molecule has 0 aromatic heterocycles. The van der Waals surface area contributed by atoms with Crippen molar-refractivity contribution in [2.45, 2.75) is 276 Å². The summed E-state index contributed by atoms with van der Waals surface area (Å²) in [5, 5.41) is 42.5. The van der Waals surface area contributed by atoms with E-state index in [-0.39, 0.29) is 31.4 Å². The lowest BCUT2D eigenvalue weighted by atomic mass is 9.73. The molecule has 4 rings (SSSR count). The minimum absolute atomic E-state index is 0.0231. The summed E-state index contributed by atoms with van der Waals surface area (Å²) in [7, 11) is 5.30. The van der Waals surface area contributed by atoms with E-state index in [0.717, 1.165) is 38.5 Å². The molecule has 4 fully saturated rings. The van der Waals surface area contributed by atoms with Crippen molar-refractivity contribution in [3.8, 4) is 0 Å². The van der Waals surface area contributed by atoms with E-state index < -0.39 is 114 Å². The molecule has 0 spiro atoms. The third kappa shape index (κ3) is 18.4. The van der Waals surface area contributed by atoms with Crippen molar-refractivity contribution in [3.63, 3.8) is 0 Å². The van der Waals surface area contributed by atoms with E-state index in [9.17, 15) is 29.7 Å². The Morgan fingerprint density at radius 3 is 2.14 bits per heavy atom. The number of unbranched alkanes of at least 4 members (excludes halogenated alkanes) is 5. The second kappa shape index (κ2) is 30.8. The van der Waals surface area contributed by atoms with E-state index in [1.807, 2.05) is 39.8 Å². The lowest BCUT2D eigenvalue weighted by Crippen LogP contribution is -2.62. The minimum atomic E-state index is -1.97. The lowest BCUT2D eigenvalue weighted by molar-refractivity contribution is -0.318. The molecular weight excluding hydrogens is 981 g/mol. The number of carbonyl (C=O) groups is 3. The predicted molar refractivity (Wildman–Crippen MR) is 289 cm³/mol. The number of esters is 2. The van der Waals surface area contributed by atoms with Crippen molar-refractivity contribution >= 4 is 23.7 Å². The predicted octanol–water partition coefficient (Wildman–Crippen LogP) is 8.12. The molecule has 0 aromatic carbocycles. The highest BCUT2D eigenvalue weighted by molar-refractivity contribution is 5.88. The van der Waals surface area contributed by atoms with Gasteiger partial charge < -0.3 is 63.0 Å². The molecule has 0 aromatic rings. The summed E-state index contributed by atoms with van der Waals surface area (Å²) in [6.07, 6.45) is 4.21. The quantitative estimate of drug-likeness (QED) is 0.0298. The van der Waals surface area contributed by atoms with Gasteiger partial charge in [0.25, 0.3) is 0 Å². The zero-order valence-corrected chi connectivity index (χ0v) is 49.3. The van der Waals surface area contributed by atoms with Crippen LogP contribution in [-0.2, 0) is 52.3 Å². The topological polar surface area (TPSA) is 235 Å². The highest BCUT2D eigenvalue weighted by Gasteiger charge is 2.55. The second-order valence-corrected chi connectivity index (χ2v) is 23.8. The summed E-state index contributed by atoms with van der Waals surface area (Å²) < 4.78 is 51.4. The number of hydrogen-bond donors (Lipinski definition) is 5. The fourth-order valence-electron chi connectivity index (χ4n) is 12.4. The Kier molecular flexibility index (Phi) is 26.6. The van der Waals surface area contributed by atoms with Gasteiger partial charge in [-0.1, -0.05) is 104 Å². The number of nitrogens with zero attached hydrogens (tertiary/aromatic N) is 2. The van der Waals surface area contributed by atoms with Crippen LogP contribution in [0.5, 0.6) is 0 Å². The molecule has 18 atom stereocenters. The molecule has 1 amide bonds. The molecule has 1 aliphatic carbocycles. The molecule has 442 valence electrons. The highest BCUT2D eigenvalue weighted by Crippen LogP contribution is 2.42. The standard InChI is InChI=1S/C57H104N4O15/c1-16-18-19-20-21-25-30-58-59-54(65)75-48-43(61(13)14)32-36(4)70-53(48)76-50-38(6)47(74-45-34-56(11,68-15)51(40(8)71-45)72-41(9)62)39(7)52(64)73-44(17-2)57(12,67)49(63)37(5)46(35(3)33-55(50,10)66)60-69-31-26-29-42-27-23-22-24-28-42/h35-40,42-45,47-51,53,58,63,66-67H,16-34H2,1-15H3,(H,59,65)/b60-46+/t35-,36-,37+,38+,39-,40+,43+,44-,45+,47+,48-,49-,50-,51+,53+,55?,56-,57-/m1/s1. The number of oxime groups is 1. The van der Waals surface area contributed by atoms with Crippen LogP contribution >= 0.6 is 0 Å². The van der Waals surface area contributed by atoms with Crippen LogP contribution in [0.2, 0.25) is 0 Å². The molecule has 4 aliphatic rings. The molecule has 3 aliphatic heterocycles. The molecule has 19 nitrogen and oxygen atoms in total. The SMILES string of the molecule is CCCCCCCCNNC(=O)O[C@H]1[C@H](O[C@@H]2[C@@H](C)[C@H](O[C@H]3C[C@@](C)(OC)[C@@H](OC(C)=O)[C@H](C)O3)[C@@H](C)C(=O)O[C@H](CC)[C@@](C)(O)[C@H](O)[C@@H](C)/C(=N/OCCCC3CCCCC3)[C@H](C)CC2(C)O)O[C@H](C)C[C@@H]1N(C)C. The second-order valence-electron chi connectivity index (χ2n) is 23.8. The molecule has 19 heteroatoms. The molecule has 0 bridgehead atoms. The van der Waals surface area contributed by atoms with Crippen LogP contribution in [0.1, 0.15) is 192 Å². The molecule has 0 radical (unpaired) electrons. The van der Waals surface area contributed by atoms with Crippen molar-refractivity contribution in [1.29, 1.82) is 0 Å². The van der Waals surface area contributed by atoms with Crippen molar-refractivity contribution in [3.05, 3.63) is 0 Å². The zero-order chi connectivity index (χ0) is 56.5. The molecule has 3 heterocycles. The number of ether oxygens (including phenoxy) is 8. The summed E-state index contributed by atoms with van der Waals surface area (Å²) in [4.78, 5) is 48.8. The van der Waals surface area contributed by atoms with E-state index in [2.05, 4.69) is 17.8 Å². The normalized spacial score (nSPS) is 39.0. The number of rotatable bonds is 22. The number of aliphatic hydroxyl groups excluding tert-OH is 1. The maximum atomic E-state index is 14.8. The first-order chi connectivity index (χ1) is 35.8. The van der Waals surface area contributed by atoms with E-state index in [4.69, 9.17) is 47.9 Å². The fourth-order valence-corrected chi connectivity index (χ4v) is 12.4. The molecule has 5 N–H and O–H groups in total. The Balaban J connectivity index is 1.82. The smallest absolute Gasteiger partial charge is 0.422 e. The lowest BCUT2D eigenvalue weighted by Gasteiger charge is -2.49. The number of nitrogens with one attached hydrogen (secondary N) is 2. The van der Waals surface area contributed by atoms with E-state index in [0.29, 0.717) is 31.2 Å². The van der Waals surface area contributed by atoms with Gasteiger partial charge in [0.2, 0.25) is 0 Å². The van der Waals surface area contributed by atoms with Crippen LogP contribution in [0.3, 0.4) is 0 Å². The average Bonchev–Trinajstić information content (AvgIpc) is 3.36. The molecular formula is C57H104N4O15. The number of amides is 1. The average molecular weight is 1090 g/mol. The number of cyclic esters (lactones) is 1. The first kappa shape index (κ1) is 65.8. The molecule has 1 unspecified atom stereocenters. The third-order valence-corrected chi connectivity index (χ3v) is 16.9. The van der Waals surface area contributed by atoms with Crippen molar-refractivity contribution in [2.75, 3.05) is 34.4 Å². The van der Waals surface area contributed by atoms with Crippen LogP contribution in [0.25, 0.3) is 0 Å². The van der Waals surface area contributed by atoms with Crippen LogP contribution in [0, 0.1) is 29.6 Å². The van der Waals surface area contributed by atoms with Gasteiger partial charge in [-0.15, -0.1) is 0 Å². The number of carbonyl (C=O) groups excluding carboxylic acids is 3. The number of aliphatic hydroxyl groups is 3. The molecule has 1 saturated carbocycles. The maximum absolute atomic E-state index is 14.8. The number of likely N-dealkylation sites (N-methyl/N-ethyl adjacent to an activating group) is 1. The zero-order valence-electron chi connectivity index (χ0n) is 49.3. The number of methoxy groups -OCH3 is 1. The highest BCUT2D eigenvalue weighted by atomic mass is 16.7. The van der Waals surface area contributed by atoms with Gasteiger partial charge in [0.1, 0.15) is 23.9 Å². The minimum Gasteiger partial charge on any atom is -0.459 e. The van der Waals surface area contributed by atoms with Gasteiger partial charge in [-0.2, -0.15) is 0 Å². The van der Waals surface area contributed by atoms with Gasteiger partial charge in [-0.3, -0.25) is 15.0 Å². The van der Waals surface area contributed by atoms with Crippen molar-refractivity contribution in [1.82, 2.24) is 15.8 Å².